The molecule has 5 nitrogen and oxygen atoms in total. The van der Waals surface area contributed by atoms with E-state index in [1.807, 2.05) is 41.3 Å². The fourth-order valence-electron chi connectivity index (χ4n) is 3.14. The first-order chi connectivity index (χ1) is 12.6. The molecule has 132 valence electrons. The molecule has 0 aliphatic carbocycles. The standard InChI is InChI=1S/C21H21N3O2/c1-15-12-17-4-2-3-5-20(17)24(15)14-18(13-22)21(26)23-11-10-16-6-8-19(25)9-7-16/h2-9,14-15,25H,10-12H2,1H3,(H,23,26)/b18-14-. The van der Waals surface area contributed by atoms with Crippen molar-refractivity contribution in [3.05, 3.63) is 71.4 Å². The molecule has 1 amide bonds. The third-order valence-corrected chi connectivity index (χ3v) is 4.53. The van der Waals surface area contributed by atoms with Crippen molar-refractivity contribution in [1.82, 2.24) is 5.32 Å². The van der Waals surface area contributed by atoms with Gasteiger partial charge in [-0.15, -0.1) is 0 Å². The number of nitrogens with one attached hydrogen (secondary N) is 1. The molecule has 0 fully saturated rings. The zero-order valence-electron chi connectivity index (χ0n) is 14.6. The molecule has 2 aromatic rings. The fraction of sp³-hybridized carbons (Fsp3) is 0.238. The number of hydrogen-bond acceptors (Lipinski definition) is 4. The largest absolute Gasteiger partial charge is 0.508 e. The van der Waals surface area contributed by atoms with Crippen LogP contribution >= 0.6 is 0 Å². The minimum absolute atomic E-state index is 0.0965. The van der Waals surface area contributed by atoms with Crippen molar-refractivity contribution >= 4 is 11.6 Å². The Morgan fingerprint density at radius 1 is 1.31 bits per heavy atom. The maximum absolute atomic E-state index is 12.4. The van der Waals surface area contributed by atoms with Gasteiger partial charge < -0.3 is 15.3 Å². The van der Waals surface area contributed by atoms with Gasteiger partial charge in [-0.1, -0.05) is 30.3 Å². The Kier molecular flexibility index (Phi) is 5.23. The zero-order chi connectivity index (χ0) is 18.5. The van der Waals surface area contributed by atoms with Gasteiger partial charge in [0.15, 0.2) is 0 Å². The van der Waals surface area contributed by atoms with Gasteiger partial charge in [-0.3, -0.25) is 4.79 Å². The van der Waals surface area contributed by atoms with Crippen LogP contribution < -0.4 is 10.2 Å². The van der Waals surface area contributed by atoms with Gasteiger partial charge in [0, 0.05) is 24.5 Å². The molecule has 5 heteroatoms. The first kappa shape index (κ1) is 17.6. The molecule has 0 saturated heterocycles. The van der Waals surface area contributed by atoms with Crippen LogP contribution in [0.15, 0.2) is 60.3 Å². The molecular formula is C21H21N3O2. The van der Waals surface area contributed by atoms with Crippen molar-refractivity contribution in [3.8, 4) is 11.8 Å². The number of para-hydroxylation sites is 1. The van der Waals surface area contributed by atoms with E-state index in [1.165, 1.54) is 5.56 Å². The monoisotopic (exact) mass is 347 g/mol. The van der Waals surface area contributed by atoms with Crippen LogP contribution in [0, 0.1) is 11.3 Å². The number of carbonyl (C=O) groups excluding carboxylic acids is 1. The lowest BCUT2D eigenvalue weighted by atomic mass is 10.1. The number of hydrogen-bond donors (Lipinski definition) is 2. The van der Waals surface area contributed by atoms with E-state index in [0.29, 0.717) is 13.0 Å². The minimum Gasteiger partial charge on any atom is -0.508 e. The molecule has 2 aromatic carbocycles. The van der Waals surface area contributed by atoms with E-state index in [1.54, 1.807) is 18.3 Å². The quantitative estimate of drug-likeness (QED) is 0.644. The average Bonchev–Trinajstić information content (AvgIpc) is 2.96. The predicted molar refractivity (Wildman–Crippen MR) is 101 cm³/mol. The first-order valence-corrected chi connectivity index (χ1v) is 8.62. The molecule has 1 aliphatic rings. The third kappa shape index (κ3) is 3.86. The molecule has 1 aliphatic heterocycles. The highest BCUT2D eigenvalue weighted by Crippen LogP contribution is 2.32. The highest BCUT2D eigenvalue weighted by atomic mass is 16.3. The van der Waals surface area contributed by atoms with Gasteiger partial charge in [0.25, 0.3) is 5.91 Å². The summed E-state index contributed by atoms with van der Waals surface area (Å²) in [6, 6.07) is 17.1. The second-order valence-electron chi connectivity index (χ2n) is 6.42. The summed E-state index contributed by atoms with van der Waals surface area (Å²) < 4.78 is 0. The summed E-state index contributed by atoms with van der Waals surface area (Å²) in [5.74, 6) is -0.157. The lowest BCUT2D eigenvalue weighted by molar-refractivity contribution is -0.117. The number of fused-ring (bicyclic) bond motifs is 1. The van der Waals surface area contributed by atoms with E-state index in [4.69, 9.17) is 0 Å². The molecule has 3 rings (SSSR count). The molecule has 1 atom stereocenters. The van der Waals surface area contributed by atoms with Gasteiger partial charge in [-0.05, 0) is 49.1 Å². The predicted octanol–water partition coefficient (Wildman–Crippen LogP) is 2.91. The Hall–Kier alpha value is -3.26. The van der Waals surface area contributed by atoms with Crippen LogP contribution in [0.1, 0.15) is 18.1 Å². The second kappa shape index (κ2) is 7.75. The molecule has 1 unspecified atom stereocenters. The fourth-order valence-corrected chi connectivity index (χ4v) is 3.14. The van der Waals surface area contributed by atoms with Crippen molar-refractivity contribution in [2.75, 3.05) is 11.4 Å². The van der Waals surface area contributed by atoms with E-state index >= 15 is 0 Å². The molecule has 0 aromatic heterocycles. The smallest absolute Gasteiger partial charge is 0.263 e. The summed E-state index contributed by atoms with van der Waals surface area (Å²) in [5, 5.41) is 21.5. The number of benzene rings is 2. The molecule has 0 spiro atoms. The Bertz CT molecular complexity index is 866. The average molecular weight is 347 g/mol. The van der Waals surface area contributed by atoms with Crippen LogP contribution in [-0.4, -0.2) is 23.6 Å². The molecule has 0 radical (unpaired) electrons. The number of phenolic OH excluding ortho intramolecular Hbond substituents is 1. The Morgan fingerprint density at radius 2 is 2.04 bits per heavy atom. The summed E-state index contributed by atoms with van der Waals surface area (Å²) >= 11 is 0. The lowest BCUT2D eigenvalue weighted by Gasteiger charge is -2.20. The van der Waals surface area contributed by atoms with Crippen LogP contribution in [0.4, 0.5) is 5.69 Å². The first-order valence-electron chi connectivity index (χ1n) is 8.62. The Morgan fingerprint density at radius 3 is 2.77 bits per heavy atom. The highest BCUT2D eigenvalue weighted by molar-refractivity contribution is 5.97. The van der Waals surface area contributed by atoms with Crippen LogP contribution in [0.5, 0.6) is 5.75 Å². The molecule has 2 N–H and O–H groups in total. The maximum atomic E-state index is 12.4. The van der Waals surface area contributed by atoms with Crippen molar-refractivity contribution in [2.45, 2.75) is 25.8 Å². The number of amides is 1. The minimum atomic E-state index is -0.372. The Balaban J connectivity index is 1.64. The number of phenols is 1. The van der Waals surface area contributed by atoms with Gasteiger partial charge in [0.1, 0.15) is 17.4 Å². The SMILES string of the molecule is CC1Cc2ccccc2N1/C=C(/C#N)C(=O)NCCc1ccc(O)cc1. The third-order valence-electron chi connectivity index (χ3n) is 4.53. The summed E-state index contributed by atoms with van der Waals surface area (Å²) in [6.45, 7) is 2.50. The van der Waals surface area contributed by atoms with Gasteiger partial charge in [-0.25, -0.2) is 0 Å². The number of nitriles is 1. The van der Waals surface area contributed by atoms with E-state index in [-0.39, 0.29) is 23.3 Å². The number of aromatic hydroxyl groups is 1. The molecule has 0 bridgehead atoms. The van der Waals surface area contributed by atoms with E-state index in [9.17, 15) is 15.2 Å². The summed E-state index contributed by atoms with van der Waals surface area (Å²) in [5.41, 5.74) is 3.37. The van der Waals surface area contributed by atoms with Gasteiger partial charge in [-0.2, -0.15) is 5.26 Å². The van der Waals surface area contributed by atoms with Crippen molar-refractivity contribution < 1.29 is 9.90 Å². The summed E-state index contributed by atoms with van der Waals surface area (Å²) in [6.07, 6.45) is 3.17. The molecule has 26 heavy (non-hydrogen) atoms. The summed E-state index contributed by atoms with van der Waals surface area (Å²) in [7, 11) is 0. The van der Waals surface area contributed by atoms with Crippen LogP contribution in [0.25, 0.3) is 0 Å². The Labute approximate surface area is 153 Å². The normalized spacial score (nSPS) is 16.1. The van der Waals surface area contributed by atoms with E-state index in [2.05, 4.69) is 18.3 Å². The zero-order valence-corrected chi connectivity index (χ0v) is 14.6. The van der Waals surface area contributed by atoms with E-state index in [0.717, 1.165) is 17.7 Å². The van der Waals surface area contributed by atoms with Gasteiger partial charge in [0.2, 0.25) is 0 Å². The van der Waals surface area contributed by atoms with Crippen LogP contribution in [0.2, 0.25) is 0 Å². The van der Waals surface area contributed by atoms with Gasteiger partial charge in [0.05, 0.1) is 0 Å². The van der Waals surface area contributed by atoms with Crippen molar-refractivity contribution in [3.63, 3.8) is 0 Å². The maximum Gasteiger partial charge on any atom is 0.263 e. The molecule has 1 heterocycles. The number of carbonyl (C=O) groups is 1. The van der Waals surface area contributed by atoms with E-state index < -0.39 is 0 Å². The highest BCUT2D eigenvalue weighted by Gasteiger charge is 2.25. The molecule has 0 saturated carbocycles. The summed E-state index contributed by atoms with van der Waals surface area (Å²) in [4.78, 5) is 14.3. The van der Waals surface area contributed by atoms with Crippen molar-refractivity contribution in [2.24, 2.45) is 0 Å². The lowest BCUT2D eigenvalue weighted by Crippen LogP contribution is -2.30. The number of nitrogens with zero attached hydrogens (tertiary/aromatic N) is 2. The second-order valence-corrected chi connectivity index (χ2v) is 6.42. The van der Waals surface area contributed by atoms with Crippen LogP contribution in [0.3, 0.4) is 0 Å². The number of anilines is 1. The van der Waals surface area contributed by atoms with Crippen LogP contribution in [-0.2, 0) is 17.6 Å². The number of rotatable bonds is 5. The topological polar surface area (TPSA) is 76.4 Å². The molecular weight excluding hydrogens is 326 g/mol. The van der Waals surface area contributed by atoms with Gasteiger partial charge >= 0.3 is 0 Å². The van der Waals surface area contributed by atoms with Crippen molar-refractivity contribution in [1.29, 1.82) is 5.26 Å².